The Labute approximate surface area is 104 Å². The van der Waals surface area contributed by atoms with E-state index < -0.39 is 0 Å². The SMILES string of the molecule is CCc1cc(N(C)C2CCN(C)CC2)ncn1. The lowest BCUT2D eigenvalue weighted by Gasteiger charge is -2.35. The first kappa shape index (κ1) is 12.3. The van der Waals surface area contributed by atoms with Crippen molar-refractivity contribution in [3.8, 4) is 0 Å². The lowest BCUT2D eigenvalue weighted by Crippen LogP contribution is -2.42. The van der Waals surface area contributed by atoms with Gasteiger partial charge in [-0.15, -0.1) is 0 Å². The van der Waals surface area contributed by atoms with Crippen LogP contribution in [0, 0.1) is 0 Å². The summed E-state index contributed by atoms with van der Waals surface area (Å²) in [4.78, 5) is 13.3. The molecule has 2 heterocycles. The lowest BCUT2D eigenvalue weighted by atomic mass is 10.0. The van der Waals surface area contributed by atoms with Gasteiger partial charge in [0, 0.05) is 24.8 Å². The molecule has 1 saturated heterocycles. The zero-order chi connectivity index (χ0) is 12.3. The summed E-state index contributed by atoms with van der Waals surface area (Å²) in [5, 5.41) is 0. The van der Waals surface area contributed by atoms with Crippen LogP contribution in [0.3, 0.4) is 0 Å². The van der Waals surface area contributed by atoms with Crippen molar-refractivity contribution >= 4 is 5.82 Å². The van der Waals surface area contributed by atoms with Crippen molar-refractivity contribution in [2.45, 2.75) is 32.2 Å². The minimum atomic E-state index is 0.616. The Kier molecular flexibility index (Phi) is 3.94. The van der Waals surface area contributed by atoms with Gasteiger partial charge in [-0.25, -0.2) is 9.97 Å². The molecule has 0 atom stereocenters. The summed E-state index contributed by atoms with van der Waals surface area (Å²) in [5.74, 6) is 1.06. The molecule has 0 saturated carbocycles. The van der Waals surface area contributed by atoms with Gasteiger partial charge in [-0.2, -0.15) is 0 Å². The maximum atomic E-state index is 4.38. The van der Waals surface area contributed by atoms with Crippen molar-refractivity contribution in [2.24, 2.45) is 0 Å². The molecular weight excluding hydrogens is 212 g/mol. The smallest absolute Gasteiger partial charge is 0.132 e. The van der Waals surface area contributed by atoms with Crippen LogP contribution < -0.4 is 4.90 Å². The number of hydrogen-bond acceptors (Lipinski definition) is 4. The largest absolute Gasteiger partial charge is 0.356 e. The number of anilines is 1. The summed E-state index contributed by atoms with van der Waals surface area (Å²) in [5.41, 5.74) is 1.12. The fourth-order valence-corrected chi connectivity index (χ4v) is 2.34. The molecule has 17 heavy (non-hydrogen) atoms. The summed E-state index contributed by atoms with van der Waals surface area (Å²) < 4.78 is 0. The van der Waals surface area contributed by atoms with Crippen LogP contribution in [0.15, 0.2) is 12.4 Å². The standard InChI is InChI=1S/C13H22N4/c1-4-11-9-13(15-10-14-11)17(3)12-5-7-16(2)8-6-12/h9-10,12H,4-8H2,1-3H3. The van der Waals surface area contributed by atoms with Gasteiger partial charge in [0.2, 0.25) is 0 Å². The number of nitrogens with zero attached hydrogens (tertiary/aromatic N) is 4. The average molecular weight is 234 g/mol. The Morgan fingerprint density at radius 2 is 2.06 bits per heavy atom. The molecular formula is C13H22N4. The molecule has 0 bridgehead atoms. The first-order valence-corrected chi connectivity index (χ1v) is 6.43. The van der Waals surface area contributed by atoms with Gasteiger partial charge in [-0.3, -0.25) is 0 Å². The van der Waals surface area contributed by atoms with Crippen molar-refractivity contribution in [3.05, 3.63) is 18.1 Å². The molecule has 1 fully saturated rings. The second kappa shape index (κ2) is 5.45. The van der Waals surface area contributed by atoms with Crippen molar-refractivity contribution in [2.75, 3.05) is 32.1 Å². The van der Waals surface area contributed by atoms with Gasteiger partial charge in [-0.05, 0) is 39.4 Å². The van der Waals surface area contributed by atoms with Gasteiger partial charge >= 0.3 is 0 Å². The van der Waals surface area contributed by atoms with Crippen LogP contribution in [0.4, 0.5) is 5.82 Å². The van der Waals surface area contributed by atoms with E-state index in [0.29, 0.717) is 6.04 Å². The first-order chi connectivity index (χ1) is 8.20. The van der Waals surface area contributed by atoms with Gasteiger partial charge in [0.05, 0.1) is 0 Å². The molecule has 0 unspecified atom stereocenters. The first-order valence-electron chi connectivity index (χ1n) is 6.43. The van der Waals surface area contributed by atoms with Gasteiger partial charge in [0.1, 0.15) is 12.1 Å². The lowest BCUT2D eigenvalue weighted by molar-refractivity contribution is 0.252. The third-order valence-corrected chi connectivity index (χ3v) is 3.67. The highest BCUT2D eigenvalue weighted by molar-refractivity contribution is 5.39. The van der Waals surface area contributed by atoms with Crippen LogP contribution in [0.2, 0.25) is 0 Å². The molecule has 0 aliphatic carbocycles. The van der Waals surface area contributed by atoms with Crippen molar-refractivity contribution in [1.29, 1.82) is 0 Å². The molecule has 0 aromatic carbocycles. The molecule has 1 aliphatic rings. The summed E-state index contributed by atoms with van der Waals surface area (Å²) in [7, 11) is 4.34. The van der Waals surface area contributed by atoms with Crippen LogP contribution >= 0.6 is 0 Å². The Bertz CT molecular complexity index is 358. The Morgan fingerprint density at radius 1 is 1.35 bits per heavy atom. The second-order valence-corrected chi connectivity index (χ2v) is 4.87. The number of hydrogen-bond donors (Lipinski definition) is 0. The number of aromatic nitrogens is 2. The number of likely N-dealkylation sites (tertiary alicyclic amines) is 1. The molecule has 0 spiro atoms. The van der Waals surface area contributed by atoms with Crippen LogP contribution in [-0.2, 0) is 6.42 Å². The summed E-state index contributed by atoms with van der Waals surface area (Å²) in [6.45, 7) is 4.49. The van der Waals surface area contributed by atoms with Crippen LogP contribution in [0.25, 0.3) is 0 Å². The molecule has 2 rings (SSSR count). The molecule has 94 valence electrons. The fraction of sp³-hybridized carbons (Fsp3) is 0.692. The molecule has 1 aromatic rings. The Hall–Kier alpha value is -1.16. The molecule has 0 amide bonds. The third kappa shape index (κ3) is 2.94. The van der Waals surface area contributed by atoms with E-state index >= 15 is 0 Å². The van der Waals surface area contributed by atoms with Crippen molar-refractivity contribution in [1.82, 2.24) is 14.9 Å². The predicted octanol–water partition coefficient (Wildman–Crippen LogP) is 1.57. The van der Waals surface area contributed by atoms with E-state index in [9.17, 15) is 0 Å². The highest BCUT2D eigenvalue weighted by Crippen LogP contribution is 2.19. The minimum Gasteiger partial charge on any atom is -0.356 e. The van der Waals surface area contributed by atoms with Gasteiger partial charge in [0.25, 0.3) is 0 Å². The van der Waals surface area contributed by atoms with Crippen LogP contribution in [0.1, 0.15) is 25.5 Å². The Morgan fingerprint density at radius 3 is 2.71 bits per heavy atom. The maximum Gasteiger partial charge on any atom is 0.132 e. The van der Waals surface area contributed by atoms with E-state index in [4.69, 9.17) is 0 Å². The number of aryl methyl sites for hydroxylation is 1. The summed E-state index contributed by atoms with van der Waals surface area (Å²) in [6, 6.07) is 2.73. The van der Waals surface area contributed by atoms with Crippen LogP contribution in [-0.4, -0.2) is 48.1 Å². The topological polar surface area (TPSA) is 32.3 Å². The van der Waals surface area contributed by atoms with Crippen molar-refractivity contribution in [3.63, 3.8) is 0 Å². The molecule has 1 aliphatic heterocycles. The molecule has 0 radical (unpaired) electrons. The van der Waals surface area contributed by atoms with Crippen molar-refractivity contribution < 1.29 is 0 Å². The zero-order valence-electron chi connectivity index (χ0n) is 11.1. The van der Waals surface area contributed by atoms with E-state index in [1.165, 1.54) is 25.9 Å². The quantitative estimate of drug-likeness (QED) is 0.794. The minimum absolute atomic E-state index is 0.616. The maximum absolute atomic E-state index is 4.38. The highest BCUT2D eigenvalue weighted by atomic mass is 15.2. The van der Waals surface area contributed by atoms with E-state index in [-0.39, 0.29) is 0 Å². The van der Waals surface area contributed by atoms with Gasteiger partial charge < -0.3 is 9.80 Å². The third-order valence-electron chi connectivity index (χ3n) is 3.67. The highest BCUT2D eigenvalue weighted by Gasteiger charge is 2.21. The van der Waals surface area contributed by atoms with Crippen LogP contribution in [0.5, 0.6) is 0 Å². The molecule has 4 nitrogen and oxygen atoms in total. The second-order valence-electron chi connectivity index (χ2n) is 4.87. The van der Waals surface area contributed by atoms with E-state index in [2.05, 4.69) is 46.9 Å². The van der Waals surface area contributed by atoms with E-state index in [1.807, 2.05) is 0 Å². The number of rotatable bonds is 3. The average Bonchev–Trinajstić information content (AvgIpc) is 2.39. The van der Waals surface area contributed by atoms with Gasteiger partial charge in [-0.1, -0.05) is 6.92 Å². The van der Waals surface area contributed by atoms with E-state index in [0.717, 1.165) is 17.9 Å². The van der Waals surface area contributed by atoms with E-state index in [1.54, 1.807) is 6.33 Å². The molecule has 1 aromatic heterocycles. The summed E-state index contributed by atoms with van der Waals surface area (Å²) >= 11 is 0. The fourth-order valence-electron chi connectivity index (χ4n) is 2.34. The monoisotopic (exact) mass is 234 g/mol. The molecule has 4 heteroatoms. The summed E-state index contributed by atoms with van der Waals surface area (Å²) in [6.07, 6.45) is 5.09. The van der Waals surface area contributed by atoms with Gasteiger partial charge in [0.15, 0.2) is 0 Å². The normalized spacial score (nSPS) is 18.3. The number of piperidine rings is 1. The zero-order valence-corrected chi connectivity index (χ0v) is 11.1. The predicted molar refractivity (Wildman–Crippen MR) is 70.3 cm³/mol. The Balaban J connectivity index is 2.05. The molecule has 0 N–H and O–H groups in total.